The van der Waals surface area contributed by atoms with Gasteiger partial charge in [-0.2, -0.15) is 0 Å². The van der Waals surface area contributed by atoms with Gasteiger partial charge in [0.1, 0.15) is 12.1 Å². The first-order chi connectivity index (χ1) is 14.2. The molecule has 148 valence electrons. The molecule has 8 heteroatoms. The highest BCUT2D eigenvalue weighted by molar-refractivity contribution is 5.77. The highest BCUT2D eigenvalue weighted by atomic mass is 16.6. The summed E-state index contributed by atoms with van der Waals surface area (Å²) in [6.07, 6.45) is 3.23. The van der Waals surface area contributed by atoms with Gasteiger partial charge in [0.15, 0.2) is 0 Å². The van der Waals surface area contributed by atoms with E-state index in [1.807, 2.05) is 47.4 Å². The number of hydrogen-bond acceptors (Lipinski definition) is 7. The Labute approximate surface area is 168 Å². The lowest BCUT2D eigenvalue weighted by molar-refractivity contribution is -0.383. The van der Waals surface area contributed by atoms with Crippen LogP contribution in [0.4, 0.5) is 23.0 Å². The van der Waals surface area contributed by atoms with Crippen molar-refractivity contribution in [3.8, 4) is 5.75 Å². The largest absolute Gasteiger partial charge is 0.497 e. The summed E-state index contributed by atoms with van der Waals surface area (Å²) in [5, 5.41) is 15.0. The topological polar surface area (TPSA) is 93.4 Å². The second-order valence-electron chi connectivity index (χ2n) is 6.74. The number of fused-ring (bicyclic) bond motifs is 1. The fourth-order valence-corrected chi connectivity index (χ4v) is 3.55. The van der Waals surface area contributed by atoms with E-state index < -0.39 is 4.92 Å². The molecule has 0 unspecified atom stereocenters. The molecule has 2 aromatic carbocycles. The molecule has 1 aliphatic rings. The summed E-state index contributed by atoms with van der Waals surface area (Å²) in [6.45, 7) is 1.07. The molecule has 0 saturated carbocycles. The van der Waals surface area contributed by atoms with E-state index in [-0.39, 0.29) is 11.5 Å². The molecule has 1 aromatic heterocycles. The molecular weight excluding hydrogens is 370 g/mol. The number of hydrogen-bond donors (Lipinski definition) is 1. The third-order valence-corrected chi connectivity index (χ3v) is 4.97. The average Bonchev–Trinajstić information content (AvgIpc) is 2.77. The lowest BCUT2D eigenvalue weighted by Crippen LogP contribution is -2.26. The number of rotatable bonds is 6. The first-order valence-electron chi connectivity index (χ1n) is 9.39. The van der Waals surface area contributed by atoms with E-state index in [0.717, 1.165) is 29.8 Å². The van der Waals surface area contributed by atoms with E-state index in [1.165, 1.54) is 11.9 Å². The maximum Gasteiger partial charge on any atom is 0.353 e. The monoisotopic (exact) mass is 391 g/mol. The van der Waals surface area contributed by atoms with E-state index in [0.29, 0.717) is 18.9 Å². The number of methoxy groups -OCH3 is 1. The van der Waals surface area contributed by atoms with Crippen molar-refractivity contribution in [2.75, 3.05) is 23.9 Å². The SMILES string of the molecule is COc1ccc(CNc2ncnc(N3CCCc4ccccc43)c2[N+](=O)[O-])cc1. The summed E-state index contributed by atoms with van der Waals surface area (Å²) < 4.78 is 5.16. The smallest absolute Gasteiger partial charge is 0.353 e. The van der Waals surface area contributed by atoms with Gasteiger partial charge in [-0.05, 0) is 42.2 Å². The van der Waals surface area contributed by atoms with Crippen molar-refractivity contribution >= 4 is 23.0 Å². The first kappa shape index (κ1) is 18.7. The predicted molar refractivity (Wildman–Crippen MR) is 111 cm³/mol. The van der Waals surface area contributed by atoms with Crippen LogP contribution in [0, 0.1) is 10.1 Å². The number of nitrogens with one attached hydrogen (secondary N) is 1. The van der Waals surface area contributed by atoms with E-state index in [2.05, 4.69) is 21.4 Å². The number of ether oxygens (including phenoxy) is 1. The lowest BCUT2D eigenvalue weighted by atomic mass is 10.0. The Hall–Kier alpha value is -3.68. The van der Waals surface area contributed by atoms with Gasteiger partial charge in [-0.1, -0.05) is 30.3 Å². The van der Waals surface area contributed by atoms with Crippen LogP contribution < -0.4 is 15.0 Å². The maximum absolute atomic E-state index is 11.9. The van der Waals surface area contributed by atoms with Crippen molar-refractivity contribution in [1.29, 1.82) is 0 Å². The van der Waals surface area contributed by atoms with Crippen LogP contribution in [0.1, 0.15) is 17.5 Å². The van der Waals surface area contributed by atoms with Crippen molar-refractivity contribution in [3.05, 3.63) is 76.1 Å². The third kappa shape index (κ3) is 3.82. The van der Waals surface area contributed by atoms with Crippen LogP contribution in [0.2, 0.25) is 0 Å². The maximum atomic E-state index is 11.9. The molecule has 0 atom stereocenters. The van der Waals surface area contributed by atoms with Crippen LogP contribution in [-0.2, 0) is 13.0 Å². The van der Waals surface area contributed by atoms with Gasteiger partial charge in [-0.3, -0.25) is 10.1 Å². The molecule has 4 rings (SSSR count). The Morgan fingerprint density at radius 2 is 1.97 bits per heavy atom. The quantitative estimate of drug-likeness (QED) is 0.500. The normalized spacial score (nSPS) is 12.9. The Bertz CT molecular complexity index is 1020. The van der Waals surface area contributed by atoms with Gasteiger partial charge in [-0.25, -0.2) is 9.97 Å². The summed E-state index contributed by atoms with van der Waals surface area (Å²) >= 11 is 0. The highest BCUT2D eigenvalue weighted by Crippen LogP contribution is 2.39. The van der Waals surface area contributed by atoms with Crippen LogP contribution in [-0.4, -0.2) is 28.5 Å². The van der Waals surface area contributed by atoms with Gasteiger partial charge >= 0.3 is 5.69 Å². The molecule has 0 fully saturated rings. The minimum absolute atomic E-state index is 0.113. The van der Waals surface area contributed by atoms with E-state index in [9.17, 15) is 10.1 Å². The molecule has 0 bridgehead atoms. The molecule has 2 heterocycles. The second kappa shape index (κ2) is 8.14. The molecule has 0 amide bonds. The molecule has 0 aliphatic carbocycles. The van der Waals surface area contributed by atoms with Crippen LogP contribution in [0.25, 0.3) is 0 Å². The van der Waals surface area contributed by atoms with E-state index >= 15 is 0 Å². The van der Waals surface area contributed by atoms with Crippen molar-refractivity contribution in [1.82, 2.24) is 9.97 Å². The zero-order chi connectivity index (χ0) is 20.2. The van der Waals surface area contributed by atoms with Gasteiger partial charge in [0.2, 0.25) is 11.6 Å². The van der Waals surface area contributed by atoms with Gasteiger partial charge in [0.05, 0.1) is 12.0 Å². The molecule has 3 aromatic rings. The van der Waals surface area contributed by atoms with Gasteiger partial charge in [0, 0.05) is 18.8 Å². The highest BCUT2D eigenvalue weighted by Gasteiger charge is 2.30. The Morgan fingerprint density at radius 3 is 2.72 bits per heavy atom. The Kier molecular flexibility index (Phi) is 5.24. The number of nitrogens with zero attached hydrogens (tertiary/aromatic N) is 4. The van der Waals surface area contributed by atoms with E-state index in [4.69, 9.17) is 4.74 Å². The molecule has 0 spiro atoms. The number of anilines is 3. The summed E-state index contributed by atoms with van der Waals surface area (Å²) in [5.41, 5.74) is 2.97. The van der Waals surface area contributed by atoms with Crippen LogP contribution in [0.5, 0.6) is 5.75 Å². The van der Waals surface area contributed by atoms with Crippen LogP contribution in [0.3, 0.4) is 0 Å². The molecule has 29 heavy (non-hydrogen) atoms. The fourth-order valence-electron chi connectivity index (χ4n) is 3.55. The fraction of sp³-hybridized carbons (Fsp3) is 0.238. The molecular formula is C21H21N5O3. The zero-order valence-corrected chi connectivity index (χ0v) is 16.0. The molecule has 8 nitrogen and oxygen atoms in total. The number of aromatic nitrogens is 2. The molecule has 1 aliphatic heterocycles. The third-order valence-electron chi connectivity index (χ3n) is 4.97. The predicted octanol–water partition coefficient (Wildman–Crippen LogP) is 4.09. The number of nitro groups is 1. The molecule has 1 N–H and O–H groups in total. The molecule has 0 saturated heterocycles. The van der Waals surface area contributed by atoms with Gasteiger partial charge in [0.25, 0.3) is 0 Å². The Balaban J connectivity index is 1.65. The van der Waals surface area contributed by atoms with Gasteiger partial charge < -0.3 is 15.0 Å². The standard InChI is InChI=1S/C21H21N5O3/c1-29-17-10-8-15(9-11-17)13-22-20-19(26(27)28)21(24-14-23-20)25-12-4-6-16-5-2-3-7-18(16)25/h2-3,5,7-11,14H,4,6,12-13H2,1H3,(H,22,23,24). The Morgan fingerprint density at radius 1 is 1.17 bits per heavy atom. The zero-order valence-electron chi connectivity index (χ0n) is 16.0. The van der Waals surface area contributed by atoms with E-state index in [1.54, 1.807) is 7.11 Å². The van der Waals surface area contributed by atoms with Crippen molar-refractivity contribution in [2.45, 2.75) is 19.4 Å². The summed E-state index contributed by atoms with van der Waals surface area (Å²) in [5.74, 6) is 1.28. The van der Waals surface area contributed by atoms with Crippen LogP contribution >= 0.6 is 0 Å². The first-order valence-corrected chi connectivity index (χ1v) is 9.39. The van der Waals surface area contributed by atoms with Crippen molar-refractivity contribution < 1.29 is 9.66 Å². The van der Waals surface area contributed by atoms with Crippen molar-refractivity contribution in [2.24, 2.45) is 0 Å². The van der Waals surface area contributed by atoms with Crippen LogP contribution in [0.15, 0.2) is 54.9 Å². The number of benzene rings is 2. The minimum atomic E-state index is -0.414. The molecule has 0 radical (unpaired) electrons. The summed E-state index contributed by atoms with van der Waals surface area (Å²) in [7, 11) is 1.61. The second-order valence-corrected chi connectivity index (χ2v) is 6.74. The summed E-state index contributed by atoms with van der Waals surface area (Å²) in [4.78, 5) is 21.9. The number of aryl methyl sites for hydroxylation is 1. The van der Waals surface area contributed by atoms with Crippen molar-refractivity contribution in [3.63, 3.8) is 0 Å². The lowest BCUT2D eigenvalue weighted by Gasteiger charge is -2.30. The summed E-state index contributed by atoms with van der Waals surface area (Å²) in [6, 6.07) is 15.5. The van der Waals surface area contributed by atoms with Gasteiger partial charge in [-0.15, -0.1) is 0 Å². The minimum Gasteiger partial charge on any atom is -0.497 e. The average molecular weight is 391 g/mol. The number of para-hydroxylation sites is 1.